The summed E-state index contributed by atoms with van der Waals surface area (Å²) in [4.78, 5) is 19.2. The molecular formula is C37H32BrF6N3O4. The number of carbonyl (C=O) groups excluding carboxylic acids is 1. The molecule has 2 atom stereocenters. The number of amides is 1. The number of carbonyl (C=O) groups is 1. The molecule has 7 nitrogen and oxygen atoms in total. The van der Waals surface area contributed by atoms with Crippen molar-refractivity contribution < 1.29 is 45.7 Å². The van der Waals surface area contributed by atoms with Crippen molar-refractivity contribution in [1.29, 1.82) is 0 Å². The number of hydrazine groups is 1. The maximum absolute atomic E-state index is 14.3. The predicted octanol–water partition coefficient (Wildman–Crippen LogP) is 8.43. The molecule has 1 aliphatic rings. The quantitative estimate of drug-likeness (QED) is 0.0721. The summed E-state index contributed by atoms with van der Waals surface area (Å²) < 4.78 is 93.5. The highest BCUT2D eigenvalue weighted by Gasteiger charge is 2.53. The molecule has 3 N–H and O–H groups in total. The largest absolute Gasteiger partial charge is 0.494 e. The van der Waals surface area contributed by atoms with Gasteiger partial charge in [-0.3, -0.25) is 10.2 Å². The summed E-state index contributed by atoms with van der Waals surface area (Å²) in [6, 6.07) is 24.3. The van der Waals surface area contributed by atoms with Crippen molar-refractivity contribution in [2.75, 3.05) is 13.2 Å². The Bertz CT molecular complexity index is 1830. The Morgan fingerprint density at radius 1 is 0.922 bits per heavy atom. The molecule has 1 heterocycles. The van der Waals surface area contributed by atoms with Gasteiger partial charge >= 0.3 is 12.4 Å². The Labute approximate surface area is 298 Å². The molecule has 51 heavy (non-hydrogen) atoms. The molecule has 14 heteroatoms. The van der Waals surface area contributed by atoms with E-state index in [1.165, 1.54) is 0 Å². The number of aliphatic hydroxyl groups is 1. The molecule has 0 fully saturated rings. The fourth-order valence-electron chi connectivity index (χ4n) is 5.37. The van der Waals surface area contributed by atoms with Gasteiger partial charge in [-0.2, -0.15) is 26.3 Å². The third-order valence-corrected chi connectivity index (χ3v) is 8.62. The van der Waals surface area contributed by atoms with Gasteiger partial charge in [0, 0.05) is 41.6 Å². The Kier molecular flexibility index (Phi) is 11.9. The lowest BCUT2D eigenvalue weighted by Crippen LogP contribution is -2.52. The van der Waals surface area contributed by atoms with Crippen LogP contribution >= 0.6 is 15.9 Å². The molecule has 5 rings (SSSR count). The highest BCUT2D eigenvalue weighted by molar-refractivity contribution is 9.10. The van der Waals surface area contributed by atoms with E-state index >= 15 is 0 Å². The third-order valence-electron chi connectivity index (χ3n) is 7.90. The van der Waals surface area contributed by atoms with Gasteiger partial charge in [-0.25, -0.2) is 10.4 Å². The van der Waals surface area contributed by atoms with Gasteiger partial charge in [0.2, 0.25) is 5.90 Å². The number of hydrogen-bond acceptors (Lipinski definition) is 6. The molecule has 0 aromatic heterocycles. The molecule has 0 spiro atoms. The van der Waals surface area contributed by atoms with Crippen LogP contribution in [0.3, 0.4) is 0 Å². The highest BCUT2D eigenvalue weighted by Crippen LogP contribution is 2.45. The van der Waals surface area contributed by atoms with Crippen molar-refractivity contribution in [2.45, 2.75) is 43.4 Å². The van der Waals surface area contributed by atoms with Crippen LogP contribution < -0.4 is 15.6 Å². The van der Waals surface area contributed by atoms with Crippen LogP contribution in [0.25, 0.3) is 6.08 Å². The number of alkyl halides is 6. The van der Waals surface area contributed by atoms with Gasteiger partial charge in [0.25, 0.3) is 5.91 Å². The number of hydrogen-bond donors (Lipinski definition) is 3. The van der Waals surface area contributed by atoms with Gasteiger partial charge in [-0.05, 0) is 59.7 Å². The molecule has 0 saturated heterocycles. The molecule has 1 aliphatic heterocycles. The summed E-state index contributed by atoms with van der Waals surface area (Å²) in [5.74, 6) is -0.0908. The Hall–Kier alpha value is -4.66. The van der Waals surface area contributed by atoms with Crippen LogP contribution in [0.1, 0.15) is 52.3 Å². The summed E-state index contributed by atoms with van der Waals surface area (Å²) in [5, 5.41) is 9.04. The minimum atomic E-state index is -5.03. The van der Waals surface area contributed by atoms with Crippen molar-refractivity contribution in [1.82, 2.24) is 10.9 Å². The van der Waals surface area contributed by atoms with Crippen LogP contribution in [0.2, 0.25) is 0 Å². The molecule has 1 amide bonds. The Morgan fingerprint density at radius 3 is 2.20 bits per heavy atom. The fraction of sp³-hybridized carbons (Fsp3) is 0.243. The number of halogens is 7. The number of benzene rings is 4. The number of ether oxygens (including phenoxy) is 2. The monoisotopic (exact) mass is 775 g/mol. The first-order valence-electron chi connectivity index (χ1n) is 15.7. The first-order chi connectivity index (χ1) is 24.3. The van der Waals surface area contributed by atoms with Crippen molar-refractivity contribution >= 4 is 33.8 Å². The van der Waals surface area contributed by atoms with Gasteiger partial charge in [-0.15, -0.1) is 0 Å². The second kappa shape index (κ2) is 16.1. The second-order valence-electron chi connectivity index (χ2n) is 11.5. The average Bonchev–Trinajstić information content (AvgIpc) is 3.49. The summed E-state index contributed by atoms with van der Waals surface area (Å²) in [6.07, 6.45) is -7.11. The molecule has 4 aromatic rings. The van der Waals surface area contributed by atoms with Crippen molar-refractivity contribution in [2.24, 2.45) is 4.99 Å². The maximum Gasteiger partial charge on any atom is 0.416 e. The van der Waals surface area contributed by atoms with Crippen LogP contribution in [0, 0.1) is 0 Å². The third kappa shape index (κ3) is 9.37. The second-order valence-corrected chi connectivity index (χ2v) is 12.4. The van der Waals surface area contributed by atoms with E-state index in [1.54, 1.807) is 60.7 Å². The van der Waals surface area contributed by atoms with Crippen LogP contribution in [0.5, 0.6) is 5.75 Å². The van der Waals surface area contributed by atoms with E-state index in [0.717, 1.165) is 5.56 Å². The van der Waals surface area contributed by atoms with Crippen LogP contribution in [-0.2, 0) is 28.4 Å². The van der Waals surface area contributed by atoms with Gasteiger partial charge in [0.1, 0.15) is 5.75 Å². The van der Waals surface area contributed by atoms with Crippen molar-refractivity contribution in [3.05, 3.63) is 141 Å². The fourth-order valence-corrected chi connectivity index (χ4v) is 5.87. The number of nitrogens with one attached hydrogen (secondary N) is 2. The van der Waals surface area contributed by atoms with Gasteiger partial charge in [-0.1, -0.05) is 76.6 Å². The molecule has 4 aromatic carbocycles. The van der Waals surface area contributed by atoms with E-state index in [1.807, 2.05) is 30.3 Å². The standard InChI is InChI=1S/C37H32BrF6N3O4/c38-31-12-5-4-11-30(31)32-35(17-6-10-24-8-2-1-3-9-24,46-33(51-32)26-13-15-29(16-14-26)50-19-7-18-48)34(49)47-45-23-25-20-27(36(39,40)41)22-28(21-25)37(42,43)44/h1-6,8-16,20-22,32,45,48H,7,17-19,23H2,(H,47,49)/b10-6+/t32-,35-/m0/s1. The van der Waals surface area contributed by atoms with Crippen molar-refractivity contribution in [3.8, 4) is 5.75 Å². The van der Waals surface area contributed by atoms with E-state index in [9.17, 15) is 31.1 Å². The van der Waals surface area contributed by atoms with E-state index in [0.29, 0.717) is 46.5 Å². The lowest BCUT2D eigenvalue weighted by Gasteiger charge is -2.30. The van der Waals surface area contributed by atoms with E-state index < -0.39 is 47.6 Å². The predicted molar refractivity (Wildman–Crippen MR) is 182 cm³/mol. The molecule has 0 bridgehead atoms. The van der Waals surface area contributed by atoms with E-state index in [2.05, 4.69) is 26.8 Å². The summed E-state index contributed by atoms with van der Waals surface area (Å²) in [7, 11) is 0. The number of rotatable bonds is 13. The first kappa shape index (κ1) is 37.6. The zero-order valence-corrected chi connectivity index (χ0v) is 28.4. The smallest absolute Gasteiger partial charge is 0.416 e. The topological polar surface area (TPSA) is 92.2 Å². The summed E-state index contributed by atoms with van der Waals surface area (Å²) in [6.45, 7) is -0.283. The minimum Gasteiger partial charge on any atom is -0.494 e. The molecule has 268 valence electrons. The summed E-state index contributed by atoms with van der Waals surface area (Å²) >= 11 is 3.54. The zero-order chi connectivity index (χ0) is 36.6. The van der Waals surface area contributed by atoms with E-state index in [-0.39, 0.29) is 30.6 Å². The number of aliphatic hydroxyl groups excluding tert-OH is 1. The highest BCUT2D eigenvalue weighted by atomic mass is 79.9. The lowest BCUT2D eigenvalue weighted by atomic mass is 9.84. The Balaban J connectivity index is 1.50. The average molecular weight is 777 g/mol. The SMILES string of the molecule is O=C(NNCc1cc(C(F)(F)F)cc(C(F)(F)F)c1)[C@@]1(C/C=C/c2ccccc2)N=C(c2ccc(OCCCO)cc2)O[C@H]1c1ccccc1Br. The molecule has 0 saturated carbocycles. The lowest BCUT2D eigenvalue weighted by molar-refractivity contribution is -0.143. The zero-order valence-electron chi connectivity index (χ0n) is 26.8. The molecular weight excluding hydrogens is 744 g/mol. The van der Waals surface area contributed by atoms with Crippen LogP contribution in [0.15, 0.2) is 113 Å². The maximum atomic E-state index is 14.3. The normalized spacial score (nSPS) is 17.6. The summed E-state index contributed by atoms with van der Waals surface area (Å²) in [5.41, 5.74) is 1.90. The Morgan fingerprint density at radius 2 is 1.57 bits per heavy atom. The van der Waals surface area contributed by atoms with Gasteiger partial charge in [0.15, 0.2) is 11.6 Å². The minimum absolute atomic E-state index is 0.0188. The van der Waals surface area contributed by atoms with Gasteiger partial charge in [0.05, 0.1) is 17.7 Å². The number of nitrogens with zero attached hydrogens (tertiary/aromatic N) is 1. The van der Waals surface area contributed by atoms with Gasteiger partial charge < -0.3 is 14.6 Å². The number of aliphatic imine (C=N–C) groups is 1. The van der Waals surface area contributed by atoms with Crippen LogP contribution in [-0.4, -0.2) is 35.7 Å². The first-order valence-corrected chi connectivity index (χ1v) is 16.5. The molecule has 0 unspecified atom stereocenters. The van der Waals surface area contributed by atoms with E-state index in [4.69, 9.17) is 19.6 Å². The van der Waals surface area contributed by atoms with Crippen LogP contribution in [0.4, 0.5) is 26.3 Å². The van der Waals surface area contributed by atoms with Crippen molar-refractivity contribution in [3.63, 3.8) is 0 Å². The molecule has 0 radical (unpaired) electrons. The molecule has 0 aliphatic carbocycles.